The fourth-order valence-electron chi connectivity index (χ4n) is 2.88. The summed E-state index contributed by atoms with van der Waals surface area (Å²) in [7, 11) is 0. The van der Waals surface area contributed by atoms with E-state index in [9.17, 15) is 0 Å². The standard InChI is InChI=1S/C14H21N3/c1-2-9-17(10-3-1)14-7-6-12(11-16-14)13-5-4-8-15-13/h6-7,11,13,15H,1-5,8-10H2/t13-/m0/s1. The number of hydrogen-bond donors (Lipinski definition) is 1. The van der Waals surface area contributed by atoms with Gasteiger partial charge >= 0.3 is 0 Å². The number of hydrogen-bond acceptors (Lipinski definition) is 3. The van der Waals surface area contributed by atoms with E-state index in [0.717, 1.165) is 12.4 Å². The van der Waals surface area contributed by atoms with Gasteiger partial charge in [-0.05, 0) is 50.3 Å². The second kappa shape index (κ2) is 5.05. The predicted molar refractivity (Wildman–Crippen MR) is 70.3 cm³/mol. The molecule has 92 valence electrons. The maximum absolute atomic E-state index is 4.63. The molecule has 0 saturated carbocycles. The van der Waals surface area contributed by atoms with Crippen LogP contribution in [0.2, 0.25) is 0 Å². The fourth-order valence-corrected chi connectivity index (χ4v) is 2.88. The van der Waals surface area contributed by atoms with Crippen LogP contribution in [0.5, 0.6) is 0 Å². The van der Waals surface area contributed by atoms with Gasteiger partial charge in [-0.1, -0.05) is 6.07 Å². The minimum Gasteiger partial charge on any atom is -0.357 e. The number of piperidine rings is 1. The van der Waals surface area contributed by atoms with Crippen molar-refractivity contribution in [3.8, 4) is 0 Å². The Morgan fingerprint density at radius 2 is 2.00 bits per heavy atom. The Hall–Kier alpha value is -1.09. The molecule has 3 heteroatoms. The quantitative estimate of drug-likeness (QED) is 0.847. The number of pyridine rings is 1. The molecule has 2 aliphatic heterocycles. The maximum atomic E-state index is 4.63. The van der Waals surface area contributed by atoms with Crippen molar-refractivity contribution in [3.05, 3.63) is 23.9 Å². The van der Waals surface area contributed by atoms with Gasteiger partial charge in [-0.15, -0.1) is 0 Å². The van der Waals surface area contributed by atoms with Crippen molar-refractivity contribution in [1.82, 2.24) is 10.3 Å². The van der Waals surface area contributed by atoms with Crippen LogP contribution in [0.1, 0.15) is 43.7 Å². The first-order chi connectivity index (χ1) is 8.43. The number of aromatic nitrogens is 1. The molecule has 0 unspecified atom stereocenters. The highest BCUT2D eigenvalue weighted by atomic mass is 15.2. The van der Waals surface area contributed by atoms with Gasteiger partial charge in [0.1, 0.15) is 5.82 Å². The van der Waals surface area contributed by atoms with E-state index in [0.29, 0.717) is 6.04 Å². The van der Waals surface area contributed by atoms with Gasteiger partial charge < -0.3 is 10.2 Å². The second-order valence-electron chi connectivity index (χ2n) is 5.15. The highest BCUT2D eigenvalue weighted by Gasteiger charge is 2.17. The van der Waals surface area contributed by atoms with Crippen molar-refractivity contribution in [2.24, 2.45) is 0 Å². The van der Waals surface area contributed by atoms with Crippen LogP contribution in [0.4, 0.5) is 5.82 Å². The third-order valence-corrected chi connectivity index (χ3v) is 3.91. The Morgan fingerprint density at radius 1 is 1.12 bits per heavy atom. The van der Waals surface area contributed by atoms with Crippen LogP contribution in [-0.4, -0.2) is 24.6 Å². The molecule has 3 rings (SSSR count). The minimum absolute atomic E-state index is 0.540. The van der Waals surface area contributed by atoms with Gasteiger partial charge in [0.2, 0.25) is 0 Å². The van der Waals surface area contributed by atoms with E-state index in [1.54, 1.807) is 0 Å². The summed E-state index contributed by atoms with van der Waals surface area (Å²) in [6.45, 7) is 3.50. The van der Waals surface area contributed by atoms with Gasteiger partial charge in [0.05, 0.1) is 0 Å². The van der Waals surface area contributed by atoms with Crippen LogP contribution in [0.15, 0.2) is 18.3 Å². The van der Waals surface area contributed by atoms with E-state index < -0.39 is 0 Å². The lowest BCUT2D eigenvalue weighted by molar-refractivity contribution is 0.572. The first-order valence-corrected chi connectivity index (χ1v) is 6.88. The van der Waals surface area contributed by atoms with E-state index in [1.807, 2.05) is 0 Å². The maximum Gasteiger partial charge on any atom is 0.128 e. The van der Waals surface area contributed by atoms with Gasteiger partial charge in [-0.3, -0.25) is 0 Å². The average Bonchev–Trinajstić information content (AvgIpc) is 2.94. The van der Waals surface area contributed by atoms with E-state index in [-0.39, 0.29) is 0 Å². The van der Waals surface area contributed by atoms with Crippen LogP contribution in [0, 0.1) is 0 Å². The summed E-state index contributed by atoms with van der Waals surface area (Å²) in [5.41, 5.74) is 1.35. The molecule has 2 aliphatic rings. The van der Waals surface area contributed by atoms with Gasteiger partial charge in [0, 0.05) is 25.3 Å². The fraction of sp³-hybridized carbons (Fsp3) is 0.643. The van der Waals surface area contributed by atoms with E-state index in [1.165, 1.54) is 50.8 Å². The summed E-state index contributed by atoms with van der Waals surface area (Å²) >= 11 is 0. The van der Waals surface area contributed by atoms with Crippen molar-refractivity contribution in [2.45, 2.75) is 38.1 Å². The SMILES string of the molecule is c1cc(N2CCCCC2)ncc1[C@@H]1CCCN1. The lowest BCUT2D eigenvalue weighted by Crippen LogP contribution is -2.30. The highest BCUT2D eigenvalue weighted by molar-refractivity contribution is 5.40. The van der Waals surface area contributed by atoms with E-state index in [2.05, 4.69) is 33.5 Å². The van der Waals surface area contributed by atoms with Crippen LogP contribution < -0.4 is 10.2 Å². The molecule has 0 aliphatic carbocycles. The van der Waals surface area contributed by atoms with Gasteiger partial charge in [0.15, 0.2) is 0 Å². The van der Waals surface area contributed by atoms with Crippen molar-refractivity contribution in [3.63, 3.8) is 0 Å². The summed E-state index contributed by atoms with van der Waals surface area (Å²) in [4.78, 5) is 7.04. The summed E-state index contributed by atoms with van der Waals surface area (Å²) < 4.78 is 0. The van der Waals surface area contributed by atoms with Crippen LogP contribution in [-0.2, 0) is 0 Å². The van der Waals surface area contributed by atoms with Crippen molar-refractivity contribution in [2.75, 3.05) is 24.5 Å². The number of anilines is 1. The third-order valence-electron chi connectivity index (χ3n) is 3.91. The molecule has 3 heterocycles. The topological polar surface area (TPSA) is 28.2 Å². The van der Waals surface area contributed by atoms with E-state index >= 15 is 0 Å². The Balaban J connectivity index is 1.70. The number of nitrogens with zero attached hydrogens (tertiary/aromatic N) is 2. The Kier molecular flexibility index (Phi) is 3.27. The molecule has 0 amide bonds. The molecule has 1 N–H and O–H groups in total. The third kappa shape index (κ3) is 2.44. The molecular formula is C14H21N3. The zero-order chi connectivity index (χ0) is 11.5. The Bertz CT molecular complexity index is 348. The summed E-state index contributed by atoms with van der Waals surface area (Å²) in [5.74, 6) is 1.16. The largest absolute Gasteiger partial charge is 0.357 e. The molecule has 17 heavy (non-hydrogen) atoms. The molecule has 1 aromatic heterocycles. The van der Waals surface area contributed by atoms with Crippen molar-refractivity contribution >= 4 is 5.82 Å². The molecule has 0 radical (unpaired) electrons. The minimum atomic E-state index is 0.540. The van der Waals surface area contributed by atoms with Gasteiger partial charge in [0.25, 0.3) is 0 Å². The van der Waals surface area contributed by atoms with Gasteiger partial charge in [-0.2, -0.15) is 0 Å². The highest BCUT2D eigenvalue weighted by Crippen LogP contribution is 2.24. The molecule has 2 fully saturated rings. The van der Waals surface area contributed by atoms with Crippen LogP contribution in [0.3, 0.4) is 0 Å². The molecule has 0 aromatic carbocycles. The Morgan fingerprint density at radius 3 is 2.65 bits per heavy atom. The molecule has 1 atom stereocenters. The number of nitrogens with one attached hydrogen (secondary N) is 1. The normalized spacial score (nSPS) is 25.2. The van der Waals surface area contributed by atoms with Crippen molar-refractivity contribution < 1.29 is 0 Å². The van der Waals surface area contributed by atoms with E-state index in [4.69, 9.17) is 0 Å². The smallest absolute Gasteiger partial charge is 0.128 e. The van der Waals surface area contributed by atoms with Crippen LogP contribution >= 0.6 is 0 Å². The summed E-state index contributed by atoms with van der Waals surface area (Å²) in [6, 6.07) is 4.98. The van der Waals surface area contributed by atoms with Crippen LogP contribution in [0.25, 0.3) is 0 Å². The summed E-state index contributed by atoms with van der Waals surface area (Å²) in [5, 5.41) is 3.52. The first-order valence-electron chi connectivity index (χ1n) is 6.88. The second-order valence-corrected chi connectivity index (χ2v) is 5.15. The monoisotopic (exact) mass is 231 g/mol. The Labute approximate surface area is 103 Å². The molecule has 0 spiro atoms. The molecule has 2 saturated heterocycles. The zero-order valence-corrected chi connectivity index (χ0v) is 10.4. The molecule has 1 aromatic rings. The molecule has 0 bridgehead atoms. The number of rotatable bonds is 2. The first kappa shape index (κ1) is 11.0. The zero-order valence-electron chi connectivity index (χ0n) is 10.4. The molecular weight excluding hydrogens is 210 g/mol. The average molecular weight is 231 g/mol. The molecule has 3 nitrogen and oxygen atoms in total. The lowest BCUT2D eigenvalue weighted by atomic mass is 10.1. The van der Waals surface area contributed by atoms with Crippen molar-refractivity contribution in [1.29, 1.82) is 0 Å². The predicted octanol–water partition coefficient (Wildman–Crippen LogP) is 2.50. The summed E-state index contributed by atoms with van der Waals surface area (Å²) in [6.07, 6.45) is 8.61. The lowest BCUT2D eigenvalue weighted by Gasteiger charge is -2.27. The van der Waals surface area contributed by atoms with Gasteiger partial charge in [-0.25, -0.2) is 4.98 Å².